The molecular formula is C36H43F2N3O4. The molecule has 0 bridgehead atoms. The Bertz CT molecular complexity index is 1510. The second-order valence-corrected chi connectivity index (χ2v) is 12.5. The van der Waals surface area contributed by atoms with Crippen molar-refractivity contribution in [3.63, 3.8) is 0 Å². The molecule has 0 unspecified atom stereocenters. The summed E-state index contributed by atoms with van der Waals surface area (Å²) in [6.45, 7) is 5.16. The summed E-state index contributed by atoms with van der Waals surface area (Å²) < 4.78 is 33.5. The molecule has 7 nitrogen and oxygen atoms in total. The summed E-state index contributed by atoms with van der Waals surface area (Å²) in [4.78, 5) is 28.9. The number of carbonyl (C=O) groups excluding carboxylic acids is 2. The van der Waals surface area contributed by atoms with Crippen LogP contribution < -0.4 is 10.6 Å². The molecule has 9 heteroatoms. The molecule has 2 fully saturated rings. The number of nitrogens with one attached hydrogen (secondary N) is 2. The third-order valence-electron chi connectivity index (χ3n) is 9.03. The van der Waals surface area contributed by atoms with Gasteiger partial charge in [-0.1, -0.05) is 31.2 Å². The van der Waals surface area contributed by atoms with Crippen molar-refractivity contribution in [3.05, 3.63) is 106 Å². The average Bonchev–Trinajstić information content (AvgIpc) is 3.68. The standard InChI is InChI=1S/C36H43F2N3O4/c1-4-24-7-5-8-28(15-24)36(10-11-36)39-21-33(42)32(18-25-16-29(37)20-30(38)17-25)40-34(43)26-13-23(2)14-27(19-26)35(44)41-12-6-9-31(41)22-45-3/h5,7-8,13-17,19-20,31-33,39,42H,4,6,9-12,18,21-22H2,1-3H3,(H,40,43)/t31-,32+,33+/m1/s1. The summed E-state index contributed by atoms with van der Waals surface area (Å²) in [6.07, 6.45) is 3.44. The van der Waals surface area contributed by atoms with Crippen molar-refractivity contribution in [3.8, 4) is 0 Å². The van der Waals surface area contributed by atoms with E-state index < -0.39 is 29.7 Å². The number of aryl methyl sites for hydroxylation is 2. The number of aliphatic hydroxyl groups excluding tert-OH is 1. The maximum atomic E-state index is 14.1. The lowest BCUT2D eigenvalue weighted by molar-refractivity contribution is 0.0630. The number of rotatable bonds is 13. The van der Waals surface area contributed by atoms with E-state index in [1.807, 2.05) is 13.0 Å². The van der Waals surface area contributed by atoms with Gasteiger partial charge in [0.2, 0.25) is 0 Å². The number of aliphatic hydroxyl groups is 1. The fourth-order valence-corrected chi connectivity index (χ4v) is 6.41. The van der Waals surface area contributed by atoms with Gasteiger partial charge in [0, 0.05) is 42.9 Å². The Labute approximate surface area is 264 Å². The molecule has 5 rings (SSSR count). The van der Waals surface area contributed by atoms with Crippen molar-refractivity contribution in [1.29, 1.82) is 0 Å². The summed E-state index contributed by atoms with van der Waals surface area (Å²) in [5.41, 5.74) is 3.86. The summed E-state index contributed by atoms with van der Waals surface area (Å²) in [7, 11) is 1.61. The lowest BCUT2D eigenvalue weighted by Crippen LogP contribution is -2.50. The minimum Gasteiger partial charge on any atom is -0.390 e. The normalized spacial score (nSPS) is 18.4. The van der Waals surface area contributed by atoms with Crippen LogP contribution in [-0.2, 0) is 23.1 Å². The van der Waals surface area contributed by atoms with Gasteiger partial charge in [-0.25, -0.2) is 8.78 Å². The van der Waals surface area contributed by atoms with Gasteiger partial charge in [0.05, 0.1) is 24.8 Å². The van der Waals surface area contributed by atoms with Gasteiger partial charge < -0.3 is 25.4 Å². The van der Waals surface area contributed by atoms with Gasteiger partial charge in [0.1, 0.15) is 11.6 Å². The topological polar surface area (TPSA) is 90.9 Å². The molecule has 240 valence electrons. The Balaban J connectivity index is 1.35. The SMILES string of the molecule is CCc1cccc(C2(NC[C@H](O)[C@H](Cc3cc(F)cc(F)c3)NC(=O)c3cc(C)cc(C(=O)N4CCC[C@@H]4COC)c3)CC2)c1. The molecule has 0 aromatic heterocycles. The smallest absolute Gasteiger partial charge is 0.254 e. The Hall–Kier alpha value is -3.66. The largest absolute Gasteiger partial charge is 0.390 e. The molecule has 1 aliphatic heterocycles. The summed E-state index contributed by atoms with van der Waals surface area (Å²) in [5, 5.41) is 17.8. The molecule has 2 aliphatic rings. The second-order valence-electron chi connectivity index (χ2n) is 12.5. The van der Waals surface area contributed by atoms with Crippen molar-refractivity contribution >= 4 is 11.8 Å². The number of benzene rings is 3. The van der Waals surface area contributed by atoms with E-state index in [0.29, 0.717) is 24.3 Å². The molecule has 0 radical (unpaired) electrons. The van der Waals surface area contributed by atoms with Crippen molar-refractivity contribution in [2.24, 2.45) is 0 Å². The zero-order valence-corrected chi connectivity index (χ0v) is 26.2. The van der Waals surface area contributed by atoms with Crippen molar-refractivity contribution in [2.75, 3.05) is 26.8 Å². The lowest BCUT2D eigenvalue weighted by Gasteiger charge is -2.28. The highest BCUT2D eigenvalue weighted by Crippen LogP contribution is 2.45. The number of likely N-dealkylation sites (tertiary alicyclic amines) is 1. The molecular weight excluding hydrogens is 576 g/mol. The number of amides is 2. The van der Waals surface area contributed by atoms with E-state index in [1.54, 1.807) is 30.2 Å². The molecule has 0 spiro atoms. The van der Waals surface area contributed by atoms with Crippen LogP contribution in [0.15, 0.2) is 60.7 Å². The minimum absolute atomic E-state index is 0.00562. The van der Waals surface area contributed by atoms with E-state index in [2.05, 4.69) is 35.8 Å². The van der Waals surface area contributed by atoms with E-state index >= 15 is 0 Å². The van der Waals surface area contributed by atoms with Crippen molar-refractivity contribution < 1.29 is 28.2 Å². The van der Waals surface area contributed by atoms with Crippen molar-refractivity contribution in [1.82, 2.24) is 15.5 Å². The summed E-state index contributed by atoms with van der Waals surface area (Å²) in [5.74, 6) is -2.11. The predicted octanol–water partition coefficient (Wildman–Crippen LogP) is 5.07. The third kappa shape index (κ3) is 7.95. The van der Waals surface area contributed by atoms with Crippen LogP contribution in [0.25, 0.3) is 0 Å². The van der Waals surface area contributed by atoms with E-state index in [9.17, 15) is 23.5 Å². The average molecular weight is 620 g/mol. The molecule has 45 heavy (non-hydrogen) atoms. The first-order valence-corrected chi connectivity index (χ1v) is 15.8. The van der Waals surface area contributed by atoms with Gasteiger partial charge >= 0.3 is 0 Å². The number of halogens is 2. The molecule has 3 N–H and O–H groups in total. The minimum atomic E-state index is -1.07. The summed E-state index contributed by atoms with van der Waals surface area (Å²) in [6, 6.07) is 15.7. The first-order chi connectivity index (χ1) is 21.6. The van der Waals surface area contributed by atoms with E-state index in [0.717, 1.165) is 49.3 Å². The number of nitrogens with zero attached hydrogens (tertiary/aromatic N) is 1. The van der Waals surface area contributed by atoms with Gasteiger partial charge in [0.15, 0.2) is 0 Å². The van der Waals surface area contributed by atoms with Crippen LogP contribution in [0.2, 0.25) is 0 Å². The van der Waals surface area contributed by atoms with Crippen LogP contribution in [-0.4, -0.2) is 66.8 Å². The Morgan fingerprint density at radius 2 is 1.78 bits per heavy atom. The van der Waals surface area contributed by atoms with E-state index in [-0.39, 0.29) is 36.0 Å². The van der Waals surface area contributed by atoms with Gasteiger partial charge in [-0.05, 0) is 98.0 Å². The molecule has 3 aromatic carbocycles. The predicted molar refractivity (Wildman–Crippen MR) is 169 cm³/mol. The Morgan fingerprint density at radius 3 is 2.47 bits per heavy atom. The zero-order valence-electron chi connectivity index (χ0n) is 26.2. The second kappa shape index (κ2) is 14.2. The van der Waals surface area contributed by atoms with Gasteiger partial charge in [0.25, 0.3) is 11.8 Å². The first-order valence-electron chi connectivity index (χ1n) is 15.8. The van der Waals surface area contributed by atoms with E-state index in [1.165, 1.54) is 17.7 Å². The monoisotopic (exact) mass is 619 g/mol. The Kier molecular flexibility index (Phi) is 10.3. The lowest BCUT2D eigenvalue weighted by atomic mass is 9.97. The Morgan fingerprint density at radius 1 is 1.04 bits per heavy atom. The fourth-order valence-electron chi connectivity index (χ4n) is 6.41. The van der Waals surface area contributed by atoms with Gasteiger partial charge in [-0.15, -0.1) is 0 Å². The molecule has 1 heterocycles. The summed E-state index contributed by atoms with van der Waals surface area (Å²) >= 11 is 0. The highest BCUT2D eigenvalue weighted by Gasteiger charge is 2.44. The van der Waals surface area contributed by atoms with Crippen LogP contribution in [0.4, 0.5) is 8.78 Å². The molecule has 1 aliphatic carbocycles. The molecule has 3 aromatic rings. The number of ether oxygens (including phenoxy) is 1. The number of carbonyl (C=O) groups is 2. The van der Waals surface area contributed by atoms with Gasteiger partial charge in [-0.2, -0.15) is 0 Å². The van der Waals surface area contributed by atoms with Gasteiger partial charge in [-0.3, -0.25) is 9.59 Å². The number of hydrogen-bond donors (Lipinski definition) is 3. The highest BCUT2D eigenvalue weighted by molar-refractivity contribution is 6.00. The molecule has 1 saturated heterocycles. The molecule has 2 amide bonds. The molecule has 3 atom stereocenters. The molecule has 1 saturated carbocycles. The van der Waals surface area contributed by atoms with Crippen LogP contribution in [0.5, 0.6) is 0 Å². The number of methoxy groups -OCH3 is 1. The van der Waals surface area contributed by atoms with Crippen molar-refractivity contribution in [2.45, 2.75) is 76.1 Å². The van der Waals surface area contributed by atoms with E-state index in [4.69, 9.17) is 4.74 Å². The van der Waals surface area contributed by atoms with Crippen LogP contribution in [0, 0.1) is 18.6 Å². The zero-order chi connectivity index (χ0) is 32.1. The maximum absolute atomic E-state index is 14.1. The van der Waals surface area contributed by atoms with Crippen LogP contribution >= 0.6 is 0 Å². The quantitative estimate of drug-likeness (QED) is 0.249. The number of hydrogen-bond acceptors (Lipinski definition) is 5. The maximum Gasteiger partial charge on any atom is 0.254 e. The fraction of sp³-hybridized carbons (Fsp3) is 0.444. The first kappa shape index (κ1) is 32.7. The van der Waals surface area contributed by atoms with Crippen LogP contribution in [0.1, 0.15) is 75.6 Å². The third-order valence-corrected chi connectivity index (χ3v) is 9.03. The highest BCUT2D eigenvalue weighted by atomic mass is 19.1. The van der Waals surface area contributed by atoms with Crippen LogP contribution in [0.3, 0.4) is 0 Å².